The standard InChI is InChI=1S/C11H12N4S2/c1-6-13-7(3-17-6)2-10-14-9-5-16-4-8(9)11(12)15-10/h3H,2,4-5H2,1H3,(H2,12,14,15). The zero-order valence-electron chi connectivity index (χ0n) is 9.43. The monoisotopic (exact) mass is 264 g/mol. The van der Waals surface area contributed by atoms with Crippen molar-refractivity contribution in [2.24, 2.45) is 0 Å². The lowest BCUT2D eigenvalue weighted by Crippen LogP contribution is -2.06. The number of thiazole rings is 1. The Kier molecular flexibility index (Phi) is 2.76. The highest BCUT2D eigenvalue weighted by Crippen LogP contribution is 2.31. The highest BCUT2D eigenvalue weighted by molar-refractivity contribution is 7.98. The Morgan fingerprint density at radius 2 is 2.18 bits per heavy atom. The number of aromatic nitrogens is 3. The molecular formula is C11H12N4S2. The Bertz CT molecular complexity index is 565. The van der Waals surface area contributed by atoms with E-state index in [0.717, 1.165) is 39.3 Å². The molecule has 0 amide bonds. The number of anilines is 1. The maximum absolute atomic E-state index is 5.95. The minimum atomic E-state index is 0.641. The molecule has 0 saturated carbocycles. The Morgan fingerprint density at radius 3 is 2.94 bits per heavy atom. The lowest BCUT2D eigenvalue weighted by Gasteiger charge is -2.04. The van der Waals surface area contributed by atoms with Crippen LogP contribution < -0.4 is 5.73 Å². The van der Waals surface area contributed by atoms with Gasteiger partial charge in [0, 0.05) is 22.4 Å². The maximum atomic E-state index is 5.95. The molecule has 0 fully saturated rings. The van der Waals surface area contributed by atoms with Crippen LogP contribution in [0.3, 0.4) is 0 Å². The normalized spacial score (nSPS) is 13.9. The zero-order valence-corrected chi connectivity index (χ0v) is 11.1. The number of thioether (sulfide) groups is 1. The van der Waals surface area contributed by atoms with Gasteiger partial charge in [-0.2, -0.15) is 11.8 Å². The minimum absolute atomic E-state index is 0.641. The van der Waals surface area contributed by atoms with E-state index < -0.39 is 0 Å². The second kappa shape index (κ2) is 4.27. The molecule has 2 aromatic rings. The summed E-state index contributed by atoms with van der Waals surface area (Å²) >= 11 is 3.49. The topological polar surface area (TPSA) is 64.7 Å². The number of nitrogens with zero attached hydrogens (tertiary/aromatic N) is 3. The number of nitrogens with two attached hydrogens (primary N) is 1. The molecule has 17 heavy (non-hydrogen) atoms. The largest absolute Gasteiger partial charge is 0.383 e. The molecule has 2 N–H and O–H groups in total. The summed E-state index contributed by atoms with van der Waals surface area (Å²) in [4.78, 5) is 13.4. The predicted octanol–water partition coefficient (Wildman–Crippen LogP) is 2.16. The summed E-state index contributed by atoms with van der Waals surface area (Å²) in [6.07, 6.45) is 0.673. The van der Waals surface area contributed by atoms with Crippen molar-refractivity contribution in [1.82, 2.24) is 15.0 Å². The molecular weight excluding hydrogens is 252 g/mol. The molecule has 0 radical (unpaired) electrons. The molecule has 3 rings (SSSR count). The fourth-order valence-corrected chi connectivity index (χ4v) is 3.52. The van der Waals surface area contributed by atoms with Gasteiger partial charge in [0.05, 0.1) is 22.8 Å². The van der Waals surface area contributed by atoms with Gasteiger partial charge in [-0.05, 0) is 6.92 Å². The van der Waals surface area contributed by atoms with E-state index in [1.54, 1.807) is 11.3 Å². The van der Waals surface area contributed by atoms with Crippen molar-refractivity contribution in [2.45, 2.75) is 24.9 Å². The Morgan fingerprint density at radius 1 is 1.29 bits per heavy atom. The maximum Gasteiger partial charge on any atom is 0.137 e. The van der Waals surface area contributed by atoms with Crippen LogP contribution in [0.5, 0.6) is 0 Å². The van der Waals surface area contributed by atoms with Crippen LogP contribution in [0.15, 0.2) is 5.38 Å². The molecule has 0 spiro atoms. The molecule has 0 bridgehead atoms. The van der Waals surface area contributed by atoms with Crippen molar-refractivity contribution in [3.8, 4) is 0 Å². The van der Waals surface area contributed by atoms with Crippen LogP contribution in [0.25, 0.3) is 0 Å². The summed E-state index contributed by atoms with van der Waals surface area (Å²) in [5.74, 6) is 3.32. The van der Waals surface area contributed by atoms with E-state index in [1.165, 1.54) is 0 Å². The second-order valence-corrected chi connectivity index (χ2v) is 6.03. The lowest BCUT2D eigenvalue weighted by molar-refractivity contribution is 0.914. The van der Waals surface area contributed by atoms with Crippen molar-refractivity contribution in [3.63, 3.8) is 0 Å². The van der Waals surface area contributed by atoms with E-state index in [1.807, 2.05) is 18.7 Å². The molecule has 0 atom stereocenters. The SMILES string of the molecule is Cc1nc(Cc2nc(N)c3c(n2)CSC3)cs1. The van der Waals surface area contributed by atoms with Crippen molar-refractivity contribution in [1.29, 1.82) is 0 Å². The second-order valence-electron chi connectivity index (χ2n) is 3.98. The number of aryl methyl sites for hydroxylation is 1. The number of nitrogen functional groups attached to an aromatic ring is 1. The molecule has 4 nitrogen and oxygen atoms in total. The van der Waals surface area contributed by atoms with Gasteiger partial charge in [-0.1, -0.05) is 0 Å². The van der Waals surface area contributed by atoms with Gasteiger partial charge in [-0.15, -0.1) is 11.3 Å². The van der Waals surface area contributed by atoms with Crippen LogP contribution in [-0.2, 0) is 17.9 Å². The third kappa shape index (κ3) is 2.14. The highest BCUT2D eigenvalue weighted by atomic mass is 32.2. The number of hydrogen-bond donors (Lipinski definition) is 1. The van der Waals surface area contributed by atoms with Gasteiger partial charge in [-0.25, -0.2) is 15.0 Å². The van der Waals surface area contributed by atoms with E-state index in [4.69, 9.17) is 5.73 Å². The molecule has 2 aromatic heterocycles. The van der Waals surface area contributed by atoms with Crippen molar-refractivity contribution in [3.05, 3.63) is 33.2 Å². The fraction of sp³-hybridized carbons (Fsp3) is 0.364. The van der Waals surface area contributed by atoms with E-state index in [-0.39, 0.29) is 0 Å². The quantitative estimate of drug-likeness (QED) is 0.900. The van der Waals surface area contributed by atoms with Crippen LogP contribution in [-0.4, -0.2) is 15.0 Å². The van der Waals surface area contributed by atoms with Crippen molar-refractivity contribution >= 4 is 28.9 Å². The summed E-state index contributed by atoms with van der Waals surface area (Å²) < 4.78 is 0. The van der Waals surface area contributed by atoms with Gasteiger partial charge in [0.2, 0.25) is 0 Å². The van der Waals surface area contributed by atoms with E-state index in [9.17, 15) is 0 Å². The Balaban J connectivity index is 1.91. The number of rotatable bonds is 2. The van der Waals surface area contributed by atoms with Gasteiger partial charge >= 0.3 is 0 Å². The Hall–Kier alpha value is -1.14. The average molecular weight is 264 g/mol. The Labute approximate surface area is 108 Å². The van der Waals surface area contributed by atoms with Crippen molar-refractivity contribution in [2.75, 3.05) is 5.73 Å². The minimum Gasteiger partial charge on any atom is -0.383 e. The van der Waals surface area contributed by atoms with Crippen LogP contribution in [0.1, 0.15) is 27.8 Å². The van der Waals surface area contributed by atoms with Crippen LogP contribution in [0.2, 0.25) is 0 Å². The molecule has 0 aliphatic carbocycles. The van der Waals surface area contributed by atoms with Gasteiger partial charge in [0.15, 0.2) is 0 Å². The van der Waals surface area contributed by atoms with Gasteiger partial charge < -0.3 is 5.73 Å². The molecule has 0 saturated heterocycles. The first-order valence-electron chi connectivity index (χ1n) is 5.35. The third-order valence-electron chi connectivity index (χ3n) is 2.66. The molecule has 88 valence electrons. The van der Waals surface area contributed by atoms with Crippen LogP contribution >= 0.6 is 23.1 Å². The van der Waals surface area contributed by atoms with Crippen LogP contribution in [0, 0.1) is 6.92 Å². The summed E-state index contributed by atoms with van der Waals surface area (Å²) in [7, 11) is 0. The first-order valence-corrected chi connectivity index (χ1v) is 7.38. The van der Waals surface area contributed by atoms with Gasteiger partial charge in [0.25, 0.3) is 0 Å². The van der Waals surface area contributed by atoms with Crippen LogP contribution in [0.4, 0.5) is 5.82 Å². The van der Waals surface area contributed by atoms with E-state index >= 15 is 0 Å². The zero-order chi connectivity index (χ0) is 11.8. The van der Waals surface area contributed by atoms with E-state index in [2.05, 4.69) is 20.3 Å². The first-order chi connectivity index (χ1) is 8.22. The van der Waals surface area contributed by atoms with E-state index in [0.29, 0.717) is 12.2 Å². The molecule has 3 heterocycles. The highest BCUT2D eigenvalue weighted by Gasteiger charge is 2.18. The summed E-state index contributed by atoms with van der Waals surface area (Å²) in [5.41, 5.74) is 9.19. The molecule has 6 heteroatoms. The van der Waals surface area contributed by atoms with Crippen molar-refractivity contribution < 1.29 is 0 Å². The molecule has 1 aliphatic heterocycles. The van der Waals surface area contributed by atoms with Gasteiger partial charge in [0.1, 0.15) is 11.6 Å². The molecule has 0 unspecified atom stereocenters. The summed E-state index contributed by atoms with van der Waals surface area (Å²) in [5, 5.41) is 3.13. The lowest BCUT2D eigenvalue weighted by atomic mass is 10.2. The van der Waals surface area contributed by atoms with Gasteiger partial charge in [-0.3, -0.25) is 0 Å². The predicted molar refractivity (Wildman–Crippen MR) is 71.1 cm³/mol. The average Bonchev–Trinajstić information content (AvgIpc) is 2.87. The third-order valence-corrected chi connectivity index (χ3v) is 4.45. The smallest absolute Gasteiger partial charge is 0.137 e. The first kappa shape index (κ1) is 11.0. The fourth-order valence-electron chi connectivity index (χ4n) is 1.86. The summed E-state index contributed by atoms with van der Waals surface area (Å²) in [6.45, 7) is 2.00. The molecule has 1 aliphatic rings. The number of fused-ring (bicyclic) bond motifs is 1. The molecule has 0 aromatic carbocycles. The number of hydrogen-bond acceptors (Lipinski definition) is 6. The summed E-state index contributed by atoms with van der Waals surface area (Å²) in [6, 6.07) is 0.